The van der Waals surface area contributed by atoms with Crippen LogP contribution >= 0.6 is 23.1 Å². The maximum atomic E-state index is 13.1. The lowest BCUT2D eigenvalue weighted by Gasteiger charge is -2.26. The monoisotopic (exact) mass is 493 g/mol. The number of anilines is 1. The third-order valence-corrected chi connectivity index (χ3v) is 7.40. The van der Waals surface area contributed by atoms with Gasteiger partial charge in [-0.05, 0) is 34.7 Å². The van der Waals surface area contributed by atoms with Crippen LogP contribution in [0.4, 0.5) is 5.69 Å². The zero-order valence-corrected chi connectivity index (χ0v) is 20.4. The molecule has 0 saturated carbocycles. The van der Waals surface area contributed by atoms with Gasteiger partial charge in [-0.3, -0.25) is 14.4 Å². The Balaban J connectivity index is 1.39. The summed E-state index contributed by atoms with van der Waals surface area (Å²) in [6.45, 7) is 1.61. The molecule has 1 atom stereocenters. The summed E-state index contributed by atoms with van der Waals surface area (Å²) in [4.78, 5) is 40.7. The molecule has 8 heteroatoms. The Morgan fingerprint density at radius 3 is 2.29 bits per heavy atom. The minimum absolute atomic E-state index is 0.135. The molecule has 3 aromatic rings. The molecule has 0 spiro atoms. The van der Waals surface area contributed by atoms with Crippen LogP contribution in [0.15, 0.2) is 72.1 Å². The van der Waals surface area contributed by atoms with Crippen LogP contribution in [0.25, 0.3) is 0 Å². The summed E-state index contributed by atoms with van der Waals surface area (Å²) in [6, 6.07) is 19.8. The number of hydrogen-bond donors (Lipinski definition) is 2. The molecule has 2 aromatic carbocycles. The number of thiophene rings is 1. The summed E-state index contributed by atoms with van der Waals surface area (Å²) in [7, 11) is 0. The van der Waals surface area contributed by atoms with Crippen LogP contribution in [0.2, 0.25) is 0 Å². The van der Waals surface area contributed by atoms with E-state index < -0.39 is 6.04 Å². The van der Waals surface area contributed by atoms with Gasteiger partial charge < -0.3 is 15.5 Å². The smallest absolute Gasteiger partial charge is 0.262 e. The van der Waals surface area contributed by atoms with E-state index in [4.69, 9.17) is 0 Å². The van der Waals surface area contributed by atoms with E-state index in [9.17, 15) is 14.4 Å². The summed E-state index contributed by atoms with van der Waals surface area (Å²) >= 11 is 3.21. The van der Waals surface area contributed by atoms with Crippen LogP contribution < -0.4 is 10.6 Å². The van der Waals surface area contributed by atoms with E-state index in [2.05, 4.69) is 10.6 Å². The number of carbonyl (C=O) groups excluding carboxylic acids is 3. The average molecular weight is 494 g/mol. The second kappa shape index (κ2) is 11.9. The lowest BCUT2D eigenvalue weighted by molar-refractivity contribution is -0.130. The second-order valence-corrected chi connectivity index (χ2v) is 10.2. The maximum Gasteiger partial charge on any atom is 0.262 e. The fourth-order valence-corrected chi connectivity index (χ4v) is 5.26. The van der Waals surface area contributed by atoms with Crippen LogP contribution in [-0.4, -0.2) is 53.3 Å². The first-order valence-electron chi connectivity index (χ1n) is 11.2. The minimum Gasteiger partial charge on any atom is -0.341 e. The first kappa shape index (κ1) is 24.0. The molecule has 1 aliphatic heterocycles. The Hall–Kier alpha value is -3.10. The fraction of sp³-hybridized carbons (Fsp3) is 0.269. The number of benzene rings is 2. The number of thioether (sulfide) groups is 1. The normalized spacial score (nSPS) is 14.3. The highest BCUT2D eigenvalue weighted by molar-refractivity contribution is 7.99. The molecule has 3 amide bonds. The van der Waals surface area contributed by atoms with E-state index in [-0.39, 0.29) is 17.7 Å². The van der Waals surface area contributed by atoms with Gasteiger partial charge in [-0.2, -0.15) is 11.8 Å². The summed E-state index contributed by atoms with van der Waals surface area (Å²) in [5, 5.41) is 7.61. The Labute approximate surface area is 207 Å². The number of nitrogens with zero attached hydrogens (tertiary/aromatic N) is 1. The van der Waals surface area contributed by atoms with E-state index >= 15 is 0 Å². The van der Waals surface area contributed by atoms with Crippen molar-refractivity contribution in [1.82, 2.24) is 10.2 Å². The maximum absolute atomic E-state index is 13.1. The van der Waals surface area contributed by atoms with Crippen LogP contribution in [0.5, 0.6) is 0 Å². The highest BCUT2D eigenvalue weighted by atomic mass is 32.2. The van der Waals surface area contributed by atoms with Crippen molar-refractivity contribution in [3.8, 4) is 0 Å². The van der Waals surface area contributed by atoms with Crippen molar-refractivity contribution in [3.05, 3.63) is 88.1 Å². The lowest BCUT2D eigenvalue weighted by Crippen LogP contribution is -2.45. The molecule has 1 unspecified atom stereocenters. The number of rotatable bonds is 8. The largest absolute Gasteiger partial charge is 0.341 e. The highest BCUT2D eigenvalue weighted by Gasteiger charge is 2.23. The zero-order valence-electron chi connectivity index (χ0n) is 18.7. The molecular weight excluding hydrogens is 466 g/mol. The number of nitrogens with one attached hydrogen (secondary N) is 2. The van der Waals surface area contributed by atoms with Crippen molar-refractivity contribution in [3.63, 3.8) is 0 Å². The predicted molar refractivity (Wildman–Crippen MR) is 138 cm³/mol. The van der Waals surface area contributed by atoms with Gasteiger partial charge in [-0.25, -0.2) is 0 Å². The van der Waals surface area contributed by atoms with Gasteiger partial charge in [0.1, 0.15) is 6.04 Å². The van der Waals surface area contributed by atoms with Gasteiger partial charge in [0.2, 0.25) is 11.8 Å². The highest BCUT2D eigenvalue weighted by Crippen LogP contribution is 2.15. The molecule has 34 heavy (non-hydrogen) atoms. The molecule has 2 heterocycles. The van der Waals surface area contributed by atoms with E-state index in [1.807, 2.05) is 70.6 Å². The number of carbonyl (C=O) groups is 3. The molecule has 6 nitrogen and oxygen atoms in total. The molecule has 1 aliphatic rings. The minimum atomic E-state index is -0.727. The molecule has 0 bridgehead atoms. The third kappa shape index (κ3) is 6.71. The van der Waals surface area contributed by atoms with Crippen LogP contribution in [0.1, 0.15) is 20.8 Å². The third-order valence-electron chi connectivity index (χ3n) is 5.59. The molecule has 0 aliphatic carbocycles. The SMILES string of the molecule is O=C(NC(Cc1ccccc1)C(=O)Nc1ccc(CC(=O)N2CCSCC2)cc1)c1cccs1. The number of amides is 3. The van der Waals surface area contributed by atoms with Crippen molar-refractivity contribution < 1.29 is 14.4 Å². The number of hydrogen-bond acceptors (Lipinski definition) is 5. The van der Waals surface area contributed by atoms with Crippen LogP contribution in [0, 0.1) is 0 Å². The summed E-state index contributed by atoms with van der Waals surface area (Å²) in [5.41, 5.74) is 2.49. The van der Waals surface area contributed by atoms with Gasteiger partial charge in [-0.15, -0.1) is 11.3 Å². The van der Waals surface area contributed by atoms with Gasteiger partial charge in [0.05, 0.1) is 11.3 Å². The van der Waals surface area contributed by atoms with Crippen molar-refractivity contribution in [2.24, 2.45) is 0 Å². The van der Waals surface area contributed by atoms with Crippen molar-refractivity contribution >= 4 is 46.5 Å². The van der Waals surface area contributed by atoms with E-state index in [1.165, 1.54) is 11.3 Å². The summed E-state index contributed by atoms with van der Waals surface area (Å²) in [5.74, 6) is 1.56. The predicted octanol–water partition coefficient (Wildman–Crippen LogP) is 3.85. The lowest BCUT2D eigenvalue weighted by atomic mass is 10.0. The molecule has 2 N–H and O–H groups in total. The van der Waals surface area contributed by atoms with Crippen molar-refractivity contribution in [1.29, 1.82) is 0 Å². The molecule has 0 radical (unpaired) electrons. The van der Waals surface area contributed by atoms with Crippen LogP contribution in [0.3, 0.4) is 0 Å². The second-order valence-electron chi connectivity index (χ2n) is 8.05. The first-order chi connectivity index (χ1) is 16.6. The summed E-state index contributed by atoms with van der Waals surface area (Å²) in [6.07, 6.45) is 0.733. The Bertz CT molecular complexity index is 1100. The van der Waals surface area contributed by atoms with Gasteiger partial charge >= 0.3 is 0 Å². The molecule has 176 valence electrons. The Kier molecular flexibility index (Phi) is 8.38. The van der Waals surface area contributed by atoms with E-state index in [1.54, 1.807) is 18.2 Å². The van der Waals surface area contributed by atoms with Gasteiger partial charge in [0, 0.05) is 36.7 Å². The van der Waals surface area contributed by atoms with Gasteiger partial charge in [0.15, 0.2) is 0 Å². The summed E-state index contributed by atoms with van der Waals surface area (Å²) < 4.78 is 0. The topological polar surface area (TPSA) is 78.5 Å². The van der Waals surface area contributed by atoms with E-state index in [0.29, 0.717) is 23.4 Å². The van der Waals surface area contributed by atoms with Crippen molar-refractivity contribution in [2.75, 3.05) is 29.9 Å². The van der Waals surface area contributed by atoms with E-state index in [0.717, 1.165) is 35.7 Å². The standard InChI is InChI=1S/C26H27N3O3S2/c30-24(29-12-15-33-16-13-29)18-20-8-10-21(11-9-20)27-25(31)22(17-19-5-2-1-3-6-19)28-26(32)23-7-4-14-34-23/h1-11,14,22H,12-13,15-18H2,(H,27,31)(H,28,32). The molecule has 1 aromatic heterocycles. The Morgan fingerprint density at radius 1 is 0.882 bits per heavy atom. The quantitative estimate of drug-likeness (QED) is 0.500. The fourth-order valence-electron chi connectivity index (χ4n) is 3.73. The average Bonchev–Trinajstić information content (AvgIpc) is 3.41. The van der Waals surface area contributed by atoms with Gasteiger partial charge in [-0.1, -0.05) is 48.5 Å². The zero-order chi connectivity index (χ0) is 23.8. The molecule has 1 saturated heterocycles. The molecule has 1 fully saturated rings. The molecule has 4 rings (SSSR count). The van der Waals surface area contributed by atoms with Gasteiger partial charge in [0.25, 0.3) is 5.91 Å². The first-order valence-corrected chi connectivity index (χ1v) is 13.3. The van der Waals surface area contributed by atoms with Crippen molar-refractivity contribution in [2.45, 2.75) is 18.9 Å². The Morgan fingerprint density at radius 2 is 1.62 bits per heavy atom. The molecular formula is C26H27N3O3S2. The van der Waals surface area contributed by atoms with Crippen LogP contribution in [-0.2, 0) is 22.4 Å².